The standard InChI is InChI=1S/C33H37N5O3Si/c1-42(2,3)19-18-41-24-38-31-16-15-26(21-28(31)22-34-38)25-10-9-11-27(20-25)32(40)36-33-35-29(12-7-8-17-39)23-37(33)30-13-5-4-6-14-30/h4-6,9-11,13-17,20-23H,7-8,12,18-19,24H2,1-3H3,(H,35,36,40). The zero-order valence-corrected chi connectivity index (χ0v) is 25.4. The van der Waals surface area contributed by atoms with E-state index < -0.39 is 8.07 Å². The van der Waals surface area contributed by atoms with E-state index in [2.05, 4.69) is 47.2 Å². The molecule has 5 rings (SSSR count). The molecule has 0 radical (unpaired) electrons. The molecule has 9 heteroatoms. The Morgan fingerprint density at radius 3 is 2.60 bits per heavy atom. The van der Waals surface area contributed by atoms with Crippen molar-refractivity contribution in [3.63, 3.8) is 0 Å². The van der Waals surface area contributed by atoms with Crippen molar-refractivity contribution in [1.29, 1.82) is 0 Å². The summed E-state index contributed by atoms with van der Waals surface area (Å²) in [5, 5.41) is 8.54. The lowest BCUT2D eigenvalue weighted by Crippen LogP contribution is -2.22. The summed E-state index contributed by atoms with van der Waals surface area (Å²) in [5.74, 6) is 0.196. The highest BCUT2D eigenvalue weighted by Crippen LogP contribution is 2.26. The predicted molar refractivity (Wildman–Crippen MR) is 170 cm³/mol. The summed E-state index contributed by atoms with van der Waals surface area (Å²) in [7, 11) is -1.14. The molecule has 3 aromatic carbocycles. The number of benzene rings is 3. The number of carbonyl (C=O) groups is 2. The lowest BCUT2D eigenvalue weighted by molar-refractivity contribution is -0.107. The Hall–Kier alpha value is -4.34. The maximum atomic E-state index is 13.4. The van der Waals surface area contributed by atoms with E-state index in [1.54, 1.807) is 6.07 Å². The van der Waals surface area contributed by atoms with Gasteiger partial charge in [-0.1, -0.05) is 56.0 Å². The fraction of sp³-hybridized carbons (Fsp3) is 0.273. The molecule has 8 nitrogen and oxygen atoms in total. The van der Waals surface area contributed by atoms with E-state index in [9.17, 15) is 9.59 Å². The third kappa shape index (κ3) is 7.29. The van der Waals surface area contributed by atoms with Crippen LogP contribution in [-0.4, -0.2) is 46.2 Å². The lowest BCUT2D eigenvalue weighted by Gasteiger charge is -2.15. The number of fused-ring (bicyclic) bond motifs is 1. The van der Waals surface area contributed by atoms with Crippen molar-refractivity contribution < 1.29 is 14.3 Å². The number of aryl methyl sites for hydroxylation is 1. The van der Waals surface area contributed by atoms with Crippen molar-refractivity contribution in [2.75, 3.05) is 11.9 Å². The second-order valence-electron chi connectivity index (χ2n) is 11.6. The fourth-order valence-electron chi connectivity index (χ4n) is 4.70. The average Bonchev–Trinajstić information content (AvgIpc) is 3.59. The number of aldehydes is 1. The molecule has 0 aliphatic heterocycles. The summed E-state index contributed by atoms with van der Waals surface area (Å²) < 4.78 is 9.66. The molecule has 1 amide bonds. The van der Waals surface area contributed by atoms with Gasteiger partial charge < -0.3 is 9.53 Å². The molecule has 0 atom stereocenters. The second kappa shape index (κ2) is 13.1. The van der Waals surface area contributed by atoms with E-state index in [-0.39, 0.29) is 5.91 Å². The van der Waals surface area contributed by atoms with E-state index in [4.69, 9.17) is 4.74 Å². The molecule has 0 aliphatic carbocycles. The third-order valence-electron chi connectivity index (χ3n) is 7.08. The molecule has 0 saturated carbocycles. The largest absolute Gasteiger partial charge is 0.360 e. The maximum Gasteiger partial charge on any atom is 0.258 e. The number of amides is 1. The van der Waals surface area contributed by atoms with Crippen molar-refractivity contribution in [2.45, 2.75) is 51.7 Å². The summed E-state index contributed by atoms with van der Waals surface area (Å²) in [6.45, 7) is 8.20. The van der Waals surface area contributed by atoms with Crippen molar-refractivity contribution >= 4 is 37.1 Å². The first-order valence-electron chi connectivity index (χ1n) is 14.3. The number of nitrogens with zero attached hydrogens (tertiary/aromatic N) is 4. The van der Waals surface area contributed by atoms with Gasteiger partial charge in [0.2, 0.25) is 5.95 Å². The van der Waals surface area contributed by atoms with Crippen LogP contribution in [0.3, 0.4) is 0 Å². The Labute approximate surface area is 247 Å². The van der Waals surface area contributed by atoms with Gasteiger partial charge in [0.15, 0.2) is 0 Å². The summed E-state index contributed by atoms with van der Waals surface area (Å²) in [4.78, 5) is 28.9. The highest BCUT2D eigenvalue weighted by Gasteiger charge is 2.16. The van der Waals surface area contributed by atoms with Gasteiger partial charge in [0, 0.05) is 43.9 Å². The van der Waals surface area contributed by atoms with E-state index in [0.717, 1.165) is 52.3 Å². The second-order valence-corrected chi connectivity index (χ2v) is 17.2. The number of nitrogens with one attached hydrogen (secondary N) is 1. The molecule has 2 heterocycles. The minimum Gasteiger partial charge on any atom is -0.360 e. The topological polar surface area (TPSA) is 91.0 Å². The van der Waals surface area contributed by atoms with Crippen LogP contribution in [0.25, 0.3) is 27.7 Å². The summed E-state index contributed by atoms with van der Waals surface area (Å²) in [6.07, 6.45) is 6.52. The van der Waals surface area contributed by atoms with Crippen LogP contribution in [0.1, 0.15) is 28.9 Å². The number of hydrogen-bond donors (Lipinski definition) is 1. The molecule has 0 spiro atoms. The molecule has 216 valence electrons. The zero-order valence-electron chi connectivity index (χ0n) is 24.4. The van der Waals surface area contributed by atoms with Crippen LogP contribution in [0.5, 0.6) is 0 Å². The molecule has 1 N–H and O–H groups in total. The first kappa shape index (κ1) is 29.2. The van der Waals surface area contributed by atoms with Gasteiger partial charge in [0.1, 0.15) is 13.0 Å². The van der Waals surface area contributed by atoms with Crippen molar-refractivity contribution in [2.24, 2.45) is 0 Å². The molecule has 0 bridgehead atoms. The Balaban J connectivity index is 1.32. The molecule has 5 aromatic rings. The van der Waals surface area contributed by atoms with Gasteiger partial charge in [-0.2, -0.15) is 5.10 Å². The van der Waals surface area contributed by atoms with Gasteiger partial charge in [0.05, 0.1) is 17.4 Å². The highest BCUT2D eigenvalue weighted by molar-refractivity contribution is 6.76. The Morgan fingerprint density at radius 1 is 1.00 bits per heavy atom. The van der Waals surface area contributed by atoms with Crippen molar-refractivity contribution in [1.82, 2.24) is 19.3 Å². The highest BCUT2D eigenvalue weighted by atomic mass is 28.3. The maximum absolute atomic E-state index is 13.4. The minimum atomic E-state index is -1.14. The number of hydrogen-bond acceptors (Lipinski definition) is 5. The van der Waals surface area contributed by atoms with E-state index in [1.807, 2.05) is 76.2 Å². The smallest absolute Gasteiger partial charge is 0.258 e. The normalized spacial score (nSPS) is 11.6. The quantitative estimate of drug-likeness (QED) is 0.0924. The number of ether oxygens (including phenoxy) is 1. The van der Waals surface area contributed by atoms with Gasteiger partial charge in [-0.05, 0) is 66.4 Å². The van der Waals surface area contributed by atoms with Gasteiger partial charge in [-0.3, -0.25) is 14.7 Å². The van der Waals surface area contributed by atoms with Gasteiger partial charge in [0.25, 0.3) is 5.91 Å². The predicted octanol–water partition coefficient (Wildman–Crippen LogP) is 6.98. The Morgan fingerprint density at radius 2 is 1.81 bits per heavy atom. The number of para-hydroxylation sites is 1. The molecular weight excluding hydrogens is 542 g/mol. The molecule has 42 heavy (non-hydrogen) atoms. The van der Waals surface area contributed by atoms with Crippen LogP contribution < -0.4 is 5.32 Å². The van der Waals surface area contributed by atoms with Crippen LogP contribution in [0.4, 0.5) is 5.95 Å². The van der Waals surface area contributed by atoms with Crippen molar-refractivity contribution in [3.8, 4) is 16.8 Å². The van der Waals surface area contributed by atoms with Crippen molar-refractivity contribution in [3.05, 3.63) is 96.4 Å². The van der Waals surface area contributed by atoms with Gasteiger partial charge in [-0.15, -0.1) is 0 Å². The summed E-state index contributed by atoms with van der Waals surface area (Å²) in [6, 6.07) is 24.6. The Bertz CT molecular complexity index is 1670. The monoisotopic (exact) mass is 579 g/mol. The molecule has 0 saturated heterocycles. The van der Waals surface area contributed by atoms with E-state index in [1.165, 1.54) is 0 Å². The lowest BCUT2D eigenvalue weighted by atomic mass is 10.0. The molecule has 2 aromatic heterocycles. The van der Waals surface area contributed by atoms with E-state index in [0.29, 0.717) is 37.5 Å². The van der Waals surface area contributed by atoms with Crippen LogP contribution in [0.2, 0.25) is 25.7 Å². The minimum absolute atomic E-state index is 0.247. The third-order valence-corrected chi connectivity index (χ3v) is 8.78. The number of imidazole rings is 1. The first-order chi connectivity index (χ1) is 20.3. The molecule has 0 unspecified atom stereocenters. The van der Waals surface area contributed by atoms with E-state index >= 15 is 0 Å². The number of anilines is 1. The molecule has 0 aliphatic rings. The summed E-state index contributed by atoms with van der Waals surface area (Å²) in [5.41, 5.74) is 5.19. The molecule has 0 fully saturated rings. The van der Waals surface area contributed by atoms with Gasteiger partial charge in [-0.25, -0.2) is 9.67 Å². The Kier molecular flexibility index (Phi) is 9.09. The van der Waals surface area contributed by atoms with Gasteiger partial charge >= 0.3 is 0 Å². The van der Waals surface area contributed by atoms with Crippen LogP contribution in [-0.2, 0) is 22.7 Å². The number of unbranched alkanes of at least 4 members (excludes halogenated alkanes) is 1. The number of carbonyl (C=O) groups excluding carboxylic acids is 2. The van der Waals surface area contributed by atoms with Crippen LogP contribution in [0.15, 0.2) is 85.2 Å². The van der Waals surface area contributed by atoms with Crippen LogP contribution >= 0.6 is 0 Å². The number of aromatic nitrogens is 4. The fourth-order valence-corrected chi connectivity index (χ4v) is 5.46. The SMILES string of the molecule is C[Si](C)(C)CCOCn1ncc2cc(-c3cccc(C(=O)Nc4nc(CCCC=O)cn4-c4ccccc4)c3)ccc21. The molecular formula is C33H37N5O3Si. The zero-order chi connectivity index (χ0) is 29.5. The first-order valence-corrected chi connectivity index (χ1v) is 18.0. The summed E-state index contributed by atoms with van der Waals surface area (Å²) >= 11 is 0. The number of rotatable bonds is 13. The van der Waals surface area contributed by atoms with Crippen LogP contribution in [0, 0.1) is 0 Å². The average molecular weight is 580 g/mol.